The number of benzene rings is 1. The first-order chi connectivity index (χ1) is 7.21. The van der Waals surface area contributed by atoms with E-state index in [0.717, 1.165) is 12.1 Å². The molecule has 1 aromatic carbocycles. The molecule has 2 aliphatic heterocycles. The van der Waals surface area contributed by atoms with Crippen molar-refractivity contribution < 1.29 is 0 Å². The van der Waals surface area contributed by atoms with Crippen LogP contribution in [0.4, 0.5) is 0 Å². The molecule has 0 aromatic heterocycles. The summed E-state index contributed by atoms with van der Waals surface area (Å²) in [6.07, 6.45) is 2.70. The van der Waals surface area contributed by atoms with Crippen LogP contribution in [0.3, 0.4) is 0 Å². The first-order valence-electron chi connectivity index (χ1n) is 6.03. The average Bonchev–Trinajstić information content (AvgIpc) is 2.74. The van der Waals surface area contributed by atoms with Gasteiger partial charge < -0.3 is 0 Å². The standard InChI is InChI=1S/C14H19N/c1-11-8-14(9-12(2)15(11)10-14)13-6-4-3-5-7-13/h3-7,11-12H,8-10H2,1-2H3/t11-,12-/m0/s1. The normalized spacial score (nSPS) is 43.5. The molecular formula is C14H19N. The molecule has 0 aliphatic carbocycles. The fourth-order valence-electron chi connectivity index (χ4n) is 3.79. The largest absolute Gasteiger partial charge is 0.297 e. The second-order valence-corrected chi connectivity index (χ2v) is 5.42. The Morgan fingerprint density at radius 1 is 1.07 bits per heavy atom. The molecule has 2 heterocycles. The molecule has 15 heavy (non-hydrogen) atoms. The molecule has 0 N–H and O–H groups in total. The van der Waals surface area contributed by atoms with Gasteiger partial charge in [0.1, 0.15) is 0 Å². The van der Waals surface area contributed by atoms with Gasteiger partial charge in [-0.2, -0.15) is 0 Å². The highest BCUT2D eigenvalue weighted by molar-refractivity contribution is 5.31. The Bertz CT molecular complexity index is 345. The molecule has 0 saturated carbocycles. The molecule has 1 nitrogen and oxygen atoms in total. The fourth-order valence-corrected chi connectivity index (χ4v) is 3.79. The van der Waals surface area contributed by atoms with Crippen LogP contribution in [0.2, 0.25) is 0 Å². The molecule has 2 aliphatic rings. The first-order valence-corrected chi connectivity index (χ1v) is 6.03. The molecule has 1 aromatic rings. The van der Waals surface area contributed by atoms with E-state index in [0.29, 0.717) is 5.41 Å². The number of nitrogens with zero attached hydrogens (tertiary/aromatic N) is 1. The fraction of sp³-hybridized carbons (Fsp3) is 0.571. The highest BCUT2D eigenvalue weighted by Gasteiger charge is 2.51. The predicted molar refractivity (Wildman–Crippen MR) is 63.0 cm³/mol. The molecule has 2 fully saturated rings. The van der Waals surface area contributed by atoms with Gasteiger partial charge in [-0.1, -0.05) is 30.3 Å². The van der Waals surface area contributed by atoms with Gasteiger partial charge in [-0.05, 0) is 32.3 Å². The molecule has 0 radical (unpaired) electrons. The van der Waals surface area contributed by atoms with Crippen LogP contribution in [0.1, 0.15) is 32.3 Å². The van der Waals surface area contributed by atoms with Gasteiger partial charge in [-0.15, -0.1) is 0 Å². The van der Waals surface area contributed by atoms with Gasteiger partial charge in [0, 0.05) is 24.0 Å². The van der Waals surface area contributed by atoms with Gasteiger partial charge in [0.05, 0.1) is 0 Å². The molecule has 2 bridgehead atoms. The second kappa shape index (κ2) is 3.08. The molecule has 2 atom stereocenters. The summed E-state index contributed by atoms with van der Waals surface area (Å²) in [4.78, 5) is 2.67. The number of hydrogen-bond donors (Lipinski definition) is 0. The minimum absolute atomic E-state index is 0.472. The maximum Gasteiger partial charge on any atom is 0.0110 e. The van der Waals surface area contributed by atoms with Gasteiger partial charge in [-0.25, -0.2) is 0 Å². The lowest BCUT2D eigenvalue weighted by Crippen LogP contribution is -2.35. The molecule has 0 unspecified atom stereocenters. The molecule has 1 heteroatoms. The van der Waals surface area contributed by atoms with E-state index in [2.05, 4.69) is 49.1 Å². The van der Waals surface area contributed by atoms with E-state index in [-0.39, 0.29) is 0 Å². The van der Waals surface area contributed by atoms with Crippen LogP contribution >= 0.6 is 0 Å². The Morgan fingerprint density at radius 2 is 1.67 bits per heavy atom. The van der Waals surface area contributed by atoms with Gasteiger partial charge in [0.15, 0.2) is 0 Å². The van der Waals surface area contributed by atoms with Crippen molar-refractivity contribution >= 4 is 0 Å². The predicted octanol–water partition coefficient (Wildman–Crippen LogP) is 2.81. The summed E-state index contributed by atoms with van der Waals surface area (Å²) in [7, 11) is 0. The third kappa shape index (κ3) is 1.26. The highest BCUT2D eigenvalue weighted by Crippen LogP contribution is 2.48. The van der Waals surface area contributed by atoms with E-state index < -0.39 is 0 Å². The van der Waals surface area contributed by atoms with Crippen molar-refractivity contribution in [3.8, 4) is 0 Å². The van der Waals surface area contributed by atoms with Crippen molar-refractivity contribution in [2.24, 2.45) is 0 Å². The lowest BCUT2D eigenvalue weighted by atomic mass is 9.75. The Kier molecular flexibility index (Phi) is 1.93. The number of hydrogen-bond acceptors (Lipinski definition) is 1. The van der Waals surface area contributed by atoms with Gasteiger partial charge in [-0.3, -0.25) is 4.90 Å². The van der Waals surface area contributed by atoms with Crippen LogP contribution in [0.15, 0.2) is 30.3 Å². The summed E-state index contributed by atoms with van der Waals surface area (Å²) in [5.41, 5.74) is 2.03. The van der Waals surface area contributed by atoms with E-state index in [1.165, 1.54) is 19.4 Å². The molecular weight excluding hydrogens is 182 g/mol. The smallest absolute Gasteiger partial charge is 0.0110 e. The lowest BCUT2D eigenvalue weighted by Gasteiger charge is -2.32. The van der Waals surface area contributed by atoms with E-state index in [4.69, 9.17) is 0 Å². The van der Waals surface area contributed by atoms with Crippen molar-refractivity contribution in [1.29, 1.82) is 0 Å². The van der Waals surface area contributed by atoms with E-state index >= 15 is 0 Å². The van der Waals surface area contributed by atoms with Crippen molar-refractivity contribution in [1.82, 2.24) is 4.90 Å². The maximum atomic E-state index is 2.67. The first kappa shape index (κ1) is 9.41. The SMILES string of the molecule is C[C@H]1CC2(c3ccccc3)C[C@H](C)N1C2. The lowest BCUT2D eigenvalue weighted by molar-refractivity contribution is 0.206. The van der Waals surface area contributed by atoms with Crippen molar-refractivity contribution in [2.75, 3.05) is 6.54 Å². The molecule has 3 rings (SSSR count). The Hall–Kier alpha value is -0.820. The number of fused-ring (bicyclic) bond motifs is 2. The molecule has 0 spiro atoms. The van der Waals surface area contributed by atoms with Crippen LogP contribution in [0.25, 0.3) is 0 Å². The van der Waals surface area contributed by atoms with Crippen LogP contribution in [0, 0.1) is 0 Å². The maximum absolute atomic E-state index is 2.67. The van der Waals surface area contributed by atoms with Crippen LogP contribution < -0.4 is 0 Å². The molecule has 80 valence electrons. The van der Waals surface area contributed by atoms with E-state index in [9.17, 15) is 0 Å². The Balaban J connectivity index is 2.00. The van der Waals surface area contributed by atoms with Crippen molar-refractivity contribution in [3.05, 3.63) is 35.9 Å². The average molecular weight is 201 g/mol. The molecule has 2 saturated heterocycles. The summed E-state index contributed by atoms with van der Waals surface area (Å²) in [6, 6.07) is 12.7. The zero-order valence-electron chi connectivity index (χ0n) is 9.61. The molecule has 0 amide bonds. The second-order valence-electron chi connectivity index (χ2n) is 5.42. The quantitative estimate of drug-likeness (QED) is 0.675. The van der Waals surface area contributed by atoms with E-state index in [1.54, 1.807) is 5.56 Å². The summed E-state index contributed by atoms with van der Waals surface area (Å²) in [5.74, 6) is 0. The number of rotatable bonds is 1. The van der Waals surface area contributed by atoms with Crippen LogP contribution in [-0.2, 0) is 5.41 Å². The zero-order valence-corrected chi connectivity index (χ0v) is 9.61. The summed E-state index contributed by atoms with van der Waals surface area (Å²) < 4.78 is 0. The van der Waals surface area contributed by atoms with Crippen molar-refractivity contribution in [2.45, 2.75) is 44.2 Å². The zero-order chi connectivity index (χ0) is 10.5. The minimum atomic E-state index is 0.472. The van der Waals surface area contributed by atoms with E-state index in [1.807, 2.05) is 0 Å². The highest BCUT2D eigenvalue weighted by atomic mass is 15.2. The van der Waals surface area contributed by atoms with Crippen LogP contribution in [0.5, 0.6) is 0 Å². The van der Waals surface area contributed by atoms with Crippen LogP contribution in [-0.4, -0.2) is 23.5 Å². The topological polar surface area (TPSA) is 3.24 Å². The Labute approximate surface area is 92.1 Å². The van der Waals surface area contributed by atoms with Gasteiger partial charge in [0.2, 0.25) is 0 Å². The third-order valence-electron chi connectivity index (χ3n) is 4.38. The van der Waals surface area contributed by atoms with Gasteiger partial charge in [0.25, 0.3) is 0 Å². The Morgan fingerprint density at radius 3 is 2.20 bits per heavy atom. The summed E-state index contributed by atoms with van der Waals surface area (Å²) >= 11 is 0. The minimum Gasteiger partial charge on any atom is -0.297 e. The summed E-state index contributed by atoms with van der Waals surface area (Å²) in [5, 5.41) is 0. The number of piperidine rings is 1. The van der Waals surface area contributed by atoms with Crippen molar-refractivity contribution in [3.63, 3.8) is 0 Å². The summed E-state index contributed by atoms with van der Waals surface area (Å²) in [6.45, 7) is 6.03. The third-order valence-corrected chi connectivity index (χ3v) is 4.38. The monoisotopic (exact) mass is 201 g/mol. The van der Waals surface area contributed by atoms with Gasteiger partial charge >= 0.3 is 0 Å².